The molecule has 0 N–H and O–H groups in total. The summed E-state index contributed by atoms with van der Waals surface area (Å²) in [6, 6.07) is 16.3. The Hall–Kier alpha value is -2.24. The van der Waals surface area contributed by atoms with Crippen molar-refractivity contribution in [1.29, 1.82) is 0 Å². The van der Waals surface area contributed by atoms with Crippen LogP contribution in [0.1, 0.15) is 28.9 Å². The summed E-state index contributed by atoms with van der Waals surface area (Å²) in [6.45, 7) is 5.70. The van der Waals surface area contributed by atoms with E-state index in [1.54, 1.807) is 13.3 Å². The number of likely N-dealkylation sites (tertiary alicyclic amines) is 2. The minimum absolute atomic E-state index is 0.0741. The number of nitrogens with zero attached hydrogens (tertiary/aromatic N) is 3. The van der Waals surface area contributed by atoms with Gasteiger partial charge < -0.3 is 14.5 Å². The molecule has 0 aliphatic carbocycles. The lowest BCUT2D eigenvalue weighted by Crippen LogP contribution is -2.37. The maximum atomic E-state index is 13.0. The molecular formula is C24H31N3O2. The fourth-order valence-corrected chi connectivity index (χ4v) is 5.09. The van der Waals surface area contributed by atoms with Crippen molar-refractivity contribution in [1.82, 2.24) is 14.8 Å². The van der Waals surface area contributed by atoms with Gasteiger partial charge in [-0.2, -0.15) is 0 Å². The van der Waals surface area contributed by atoms with Gasteiger partial charge in [0.05, 0.1) is 0 Å². The number of methoxy groups -OCH3 is 1. The first-order valence-electron chi connectivity index (χ1n) is 10.7. The summed E-state index contributed by atoms with van der Waals surface area (Å²) in [5.41, 5.74) is 2.11. The summed E-state index contributed by atoms with van der Waals surface area (Å²) >= 11 is 0. The molecule has 2 fully saturated rings. The number of pyridine rings is 1. The Balaban J connectivity index is 1.47. The second-order valence-corrected chi connectivity index (χ2v) is 8.53. The zero-order valence-corrected chi connectivity index (χ0v) is 17.3. The van der Waals surface area contributed by atoms with Crippen LogP contribution in [0.15, 0.2) is 54.7 Å². The largest absolute Gasteiger partial charge is 0.385 e. The van der Waals surface area contributed by atoms with E-state index in [9.17, 15) is 4.79 Å². The molecule has 0 unspecified atom stereocenters. The SMILES string of the molecule is COCCCN1C[C@H]2CN(C(=O)c3ccccn3)C[C@@]2(CCc2ccccc2)C1. The van der Waals surface area contributed by atoms with Gasteiger partial charge in [0, 0.05) is 58.1 Å². The van der Waals surface area contributed by atoms with E-state index in [-0.39, 0.29) is 11.3 Å². The quantitative estimate of drug-likeness (QED) is 0.647. The Kier molecular flexibility index (Phi) is 6.26. The molecule has 3 heterocycles. The van der Waals surface area contributed by atoms with Crippen LogP contribution >= 0.6 is 0 Å². The molecule has 0 saturated carbocycles. The van der Waals surface area contributed by atoms with Gasteiger partial charge in [-0.05, 0) is 42.9 Å². The molecule has 5 heteroatoms. The first kappa shape index (κ1) is 20.0. The first-order chi connectivity index (χ1) is 14.2. The number of amides is 1. The lowest BCUT2D eigenvalue weighted by atomic mass is 9.76. The Labute approximate surface area is 173 Å². The fourth-order valence-electron chi connectivity index (χ4n) is 5.09. The number of benzene rings is 1. The van der Waals surface area contributed by atoms with Crippen LogP contribution in [-0.2, 0) is 11.2 Å². The van der Waals surface area contributed by atoms with Crippen LogP contribution in [0.2, 0.25) is 0 Å². The van der Waals surface area contributed by atoms with E-state index in [1.165, 1.54) is 5.56 Å². The van der Waals surface area contributed by atoms with E-state index < -0.39 is 0 Å². The smallest absolute Gasteiger partial charge is 0.272 e. The molecule has 2 atom stereocenters. The van der Waals surface area contributed by atoms with Gasteiger partial charge >= 0.3 is 0 Å². The van der Waals surface area contributed by atoms with Gasteiger partial charge in [0.1, 0.15) is 5.69 Å². The zero-order chi connectivity index (χ0) is 20.1. The van der Waals surface area contributed by atoms with E-state index in [0.29, 0.717) is 11.6 Å². The van der Waals surface area contributed by atoms with Gasteiger partial charge in [-0.25, -0.2) is 0 Å². The molecule has 2 aromatic rings. The molecule has 2 saturated heterocycles. The second kappa shape index (κ2) is 9.06. The standard InChI is InChI=1S/C24H31N3O2/c1-29-15-7-14-26-16-21-17-27(23(28)22-10-5-6-13-25-22)19-24(21,18-26)12-11-20-8-3-2-4-9-20/h2-6,8-10,13,21H,7,11-12,14-19H2,1H3/t21-,24+/m0/s1. The number of carbonyl (C=O) groups is 1. The van der Waals surface area contributed by atoms with E-state index in [4.69, 9.17) is 4.74 Å². The monoisotopic (exact) mass is 393 g/mol. The average Bonchev–Trinajstić information content (AvgIpc) is 3.27. The Morgan fingerprint density at radius 2 is 1.97 bits per heavy atom. The maximum Gasteiger partial charge on any atom is 0.272 e. The van der Waals surface area contributed by atoms with Gasteiger partial charge in [-0.1, -0.05) is 36.4 Å². The molecule has 1 aromatic carbocycles. The van der Waals surface area contributed by atoms with E-state index in [1.807, 2.05) is 23.1 Å². The van der Waals surface area contributed by atoms with Crippen molar-refractivity contribution >= 4 is 5.91 Å². The third kappa shape index (κ3) is 4.51. The van der Waals surface area contributed by atoms with Gasteiger partial charge in [-0.3, -0.25) is 9.78 Å². The number of rotatable bonds is 8. The van der Waals surface area contributed by atoms with Gasteiger partial charge in [0.2, 0.25) is 0 Å². The molecule has 5 nitrogen and oxygen atoms in total. The molecular weight excluding hydrogens is 362 g/mol. The van der Waals surface area contributed by atoms with E-state index in [0.717, 1.165) is 58.6 Å². The molecule has 2 aliphatic rings. The summed E-state index contributed by atoms with van der Waals surface area (Å²) in [6.07, 6.45) is 4.95. The van der Waals surface area contributed by atoms with Crippen LogP contribution in [0.3, 0.4) is 0 Å². The van der Waals surface area contributed by atoms with Crippen LogP contribution in [0.25, 0.3) is 0 Å². The average molecular weight is 394 g/mol. The van der Waals surface area contributed by atoms with Crippen LogP contribution < -0.4 is 0 Å². The molecule has 154 valence electrons. The molecule has 0 radical (unpaired) electrons. The first-order valence-corrected chi connectivity index (χ1v) is 10.7. The highest BCUT2D eigenvalue weighted by molar-refractivity contribution is 5.92. The van der Waals surface area contributed by atoms with Crippen LogP contribution in [0.5, 0.6) is 0 Å². The van der Waals surface area contributed by atoms with Crippen molar-refractivity contribution in [3.05, 3.63) is 66.0 Å². The number of hydrogen-bond acceptors (Lipinski definition) is 4. The minimum atomic E-state index is 0.0741. The van der Waals surface area contributed by atoms with Crippen molar-refractivity contribution in [2.75, 3.05) is 46.4 Å². The molecule has 4 rings (SSSR count). The Morgan fingerprint density at radius 3 is 2.72 bits per heavy atom. The van der Waals surface area contributed by atoms with Gasteiger partial charge in [0.15, 0.2) is 0 Å². The summed E-state index contributed by atoms with van der Waals surface area (Å²) in [5, 5.41) is 0. The lowest BCUT2D eigenvalue weighted by Gasteiger charge is -2.29. The van der Waals surface area contributed by atoms with Crippen molar-refractivity contribution in [3.63, 3.8) is 0 Å². The predicted octanol–water partition coefficient (Wildman–Crippen LogP) is 3.12. The summed E-state index contributed by atoms with van der Waals surface area (Å²) in [4.78, 5) is 21.9. The molecule has 0 bridgehead atoms. The molecule has 0 spiro atoms. The number of hydrogen-bond donors (Lipinski definition) is 0. The highest BCUT2D eigenvalue weighted by Crippen LogP contribution is 2.46. The van der Waals surface area contributed by atoms with Crippen LogP contribution in [0.4, 0.5) is 0 Å². The normalized spacial score (nSPS) is 24.0. The lowest BCUT2D eigenvalue weighted by molar-refractivity contribution is 0.0749. The third-order valence-electron chi connectivity index (χ3n) is 6.58. The number of aromatic nitrogens is 1. The zero-order valence-electron chi connectivity index (χ0n) is 17.3. The summed E-state index contributed by atoms with van der Waals surface area (Å²) in [7, 11) is 1.77. The highest BCUT2D eigenvalue weighted by atomic mass is 16.5. The van der Waals surface area contributed by atoms with Gasteiger partial charge in [0.25, 0.3) is 5.91 Å². The number of fused-ring (bicyclic) bond motifs is 1. The molecule has 2 aliphatic heterocycles. The fraction of sp³-hybridized carbons (Fsp3) is 0.500. The second-order valence-electron chi connectivity index (χ2n) is 8.53. The molecule has 29 heavy (non-hydrogen) atoms. The summed E-state index contributed by atoms with van der Waals surface area (Å²) in [5.74, 6) is 0.603. The van der Waals surface area contributed by atoms with Gasteiger partial charge in [-0.15, -0.1) is 0 Å². The predicted molar refractivity (Wildman–Crippen MR) is 114 cm³/mol. The van der Waals surface area contributed by atoms with E-state index in [2.05, 4.69) is 40.2 Å². The van der Waals surface area contributed by atoms with E-state index >= 15 is 0 Å². The summed E-state index contributed by atoms with van der Waals surface area (Å²) < 4.78 is 5.24. The van der Waals surface area contributed by atoms with Crippen molar-refractivity contribution < 1.29 is 9.53 Å². The topological polar surface area (TPSA) is 45.7 Å². The van der Waals surface area contributed by atoms with Crippen molar-refractivity contribution in [3.8, 4) is 0 Å². The minimum Gasteiger partial charge on any atom is -0.385 e. The highest BCUT2D eigenvalue weighted by Gasteiger charge is 2.52. The Morgan fingerprint density at radius 1 is 1.14 bits per heavy atom. The maximum absolute atomic E-state index is 13.0. The van der Waals surface area contributed by atoms with Crippen LogP contribution in [-0.4, -0.2) is 67.1 Å². The van der Waals surface area contributed by atoms with Crippen LogP contribution in [0, 0.1) is 11.3 Å². The number of carbonyl (C=O) groups excluding carboxylic acids is 1. The third-order valence-corrected chi connectivity index (χ3v) is 6.58. The van der Waals surface area contributed by atoms with Crippen molar-refractivity contribution in [2.45, 2.75) is 19.3 Å². The molecule has 1 aromatic heterocycles. The molecule has 1 amide bonds. The Bertz CT molecular complexity index is 798. The number of ether oxygens (including phenoxy) is 1. The number of aryl methyl sites for hydroxylation is 1. The van der Waals surface area contributed by atoms with Crippen molar-refractivity contribution in [2.24, 2.45) is 11.3 Å².